The molecule has 1 unspecified atom stereocenters. The van der Waals surface area contributed by atoms with Crippen LogP contribution in [-0.2, 0) is 21.9 Å². The Morgan fingerprint density at radius 3 is 2.50 bits per heavy atom. The Morgan fingerprint density at radius 2 is 1.76 bits per heavy atom. The van der Waals surface area contributed by atoms with Crippen molar-refractivity contribution < 1.29 is 24.2 Å². The van der Waals surface area contributed by atoms with Crippen LogP contribution >= 0.6 is 46.3 Å². The molecule has 0 spiro atoms. The third-order valence-electron chi connectivity index (χ3n) is 7.11. The Bertz CT molecular complexity index is 1940. The third-order valence-corrected chi connectivity index (χ3v) is 9.80. The average molecular weight is 692 g/mol. The van der Waals surface area contributed by atoms with E-state index < -0.39 is 17.7 Å². The van der Waals surface area contributed by atoms with Gasteiger partial charge in [0.15, 0.2) is 15.8 Å². The van der Waals surface area contributed by atoms with Crippen molar-refractivity contribution in [1.29, 1.82) is 0 Å². The van der Waals surface area contributed by atoms with Crippen LogP contribution in [0.3, 0.4) is 0 Å². The van der Waals surface area contributed by atoms with Gasteiger partial charge in [0.05, 0.1) is 18.7 Å². The quantitative estimate of drug-likeness (QED) is 0.0516. The molecule has 1 fully saturated rings. The van der Waals surface area contributed by atoms with Crippen LogP contribution < -0.4 is 14.4 Å². The lowest BCUT2D eigenvalue weighted by Gasteiger charge is -2.23. The van der Waals surface area contributed by atoms with Crippen molar-refractivity contribution in [1.82, 2.24) is 15.2 Å². The number of pyridine rings is 1. The van der Waals surface area contributed by atoms with Gasteiger partial charge in [-0.3, -0.25) is 19.5 Å². The van der Waals surface area contributed by atoms with Gasteiger partial charge in [-0.15, -0.1) is 10.2 Å². The Hall–Kier alpha value is -4.42. The van der Waals surface area contributed by atoms with E-state index in [1.807, 2.05) is 36.4 Å². The Balaban J connectivity index is 1.37. The molecule has 6 rings (SSSR count). The number of halogens is 2. The number of carbonyl (C=O) groups is 2. The molecule has 9 nitrogen and oxygen atoms in total. The summed E-state index contributed by atoms with van der Waals surface area (Å²) in [6.07, 6.45) is 2.98. The van der Waals surface area contributed by atoms with Gasteiger partial charge in [-0.1, -0.05) is 88.8 Å². The number of methoxy groups -OCH3 is 1. The maximum absolute atomic E-state index is 13.6. The first kappa shape index (κ1) is 31.6. The maximum atomic E-state index is 13.6. The van der Waals surface area contributed by atoms with E-state index in [1.165, 1.54) is 36.2 Å². The lowest BCUT2D eigenvalue weighted by atomic mass is 9.95. The monoisotopic (exact) mass is 690 g/mol. The highest BCUT2D eigenvalue weighted by molar-refractivity contribution is 8.00. The molecule has 1 amide bonds. The second-order valence-corrected chi connectivity index (χ2v) is 13.0. The molecule has 2 aromatic heterocycles. The number of hydrogen-bond acceptors (Lipinski definition) is 10. The van der Waals surface area contributed by atoms with Gasteiger partial charge in [-0.25, -0.2) is 0 Å². The van der Waals surface area contributed by atoms with E-state index in [0.29, 0.717) is 49.4 Å². The zero-order valence-electron chi connectivity index (χ0n) is 24.1. The minimum atomic E-state index is -1.04. The molecule has 0 saturated carbocycles. The normalized spacial score (nSPS) is 15.7. The van der Waals surface area contributed by atoms with Crippen molar-refractivity contribution in [3.05, 3.63) is 129 Å². The molecular formula is C33H24Cl2N4O5S2. The smallest absolute Gasteiger partial charge is 0.301 e. The number of nitrogens with zero attached hydrogens (tertiary/aromatic N) is 4. The van der Waals surface area contributed by atoms with Crippen LogP contribution in [-0.4, -0.2) is 39.1 Å². The molecule has 232 valence electrons. The molecule has 3 aromatic carbocycles. The number of thioether (sulfide) groups is 1. The number of aliphatic hydroxyl groups is 1. The number of benzene rings is 3. The van der Waals surface area contributed by atoms with Gasteiger partial charge in [0.2, 0.25) is 5.13 Å². The average Bonchev–Trinajstić information content (AvgIpc) is 3.65. The fraction of sp³-hybridized carbons (Fsp3) is 0.121. The summed E-state index contributed by atoms with van der Waals surface area (Å²) in [5.74, 6) is -0.713. The number of amides is 1. The van der Waals surface area contributed by atoms with Crippen LogP contribution in [0.5, 0.6) is 11.5 Å². The zero-order chi connectivity index (χ0) is 32.2. The standard InChI is InChI=1S/C33H24Cl2N4O5S2/c1-43-26-15-21(8-10-25(26)44-17-19-5-3-2-4-6-19)28-27(29(40)20-11-13-36-14-12-20)30(41)31(42)39(28)32-37-38-33(46-32)45-18-22-7-9-23(34)16-24(22)35/h2-16,28,40H,17-18H2,1H3. The second-order valence-electron chi connectivity index (χ2n) is 9.96. The number of anilines is 1. The number of ketones is 1. The molecule has 3 heterocycles. The molecule has 0 aliphatic carbocycles. The van der Waals surface area contributed by atoms with E-state index in [1.54, 1.807) is 42.5 Å². The Kier molecular flexibility index (Phi) is 9.55. The van der Waals surface area contributed by atoms with Crippen molar-refractivity contribution in [3.63, 3.8) is 0 Å². The van der Waals surface area contributed by atoms with Crippen LogP contribution in [0.25, 0.3) is 5.76 Å². The number of carbonyl (C=O) groups excluding carboxylic acids is 2. The van der Waals surface area contributed by atoms with Crippen LogP contribution in [0.4, 0.5) is 5.13 Å². The summed E-state index contributed by atoms with van der Waals surface area (Å²) < 4.78 is 12.2. The highest BCUT2D eigenvalue weighted by atomic mass is 35.5. The molecule has 1 aliphatic heterocycles. The minimum Gasteiger partial charge on any atom is -0.507 e. The van der Waals surface area contributed by atoms with E-state index in [9.17, 15) is 14.7 Å². The van der Waals surface area contributed by atoms with Gasteiger partial charge in [-0.2, -0.15) is 0 Å². The number of ether oxygens (including phenoxy) is 2. The van der Waals surface area contributed by atoms with Crippen molar-refractivity contribution in [3.8, 4) is 11.5 Å². The fourth-order valence-corrected chi connectivity index (χ4v) is 7.28. The van der Waals surface area contributed by atoms with Crippen molar-refractivity contribution >= 4 is 68.9 Å². The SMILES string of the molecule is COc1cc(C2C(=C(O)c3ccncc3)C(=O)C(=O)N2c2nnc(SCc3ccc(Cl)cc3Cl)s2)ccc1OCc1ccccc1. The topological polar surface area (TPSA) is 115 Å². The summed E-state index contributed by atoms with van der Waals surface area (Å²) in [7, 11) is 1.50. The first-order valence-electron chi connectivity index (χ1n) is 13.8. The van der Waals surface area contributed by atoms with Gasteiger partial charge in [0.25, 0.3) is 5.78 Å². The van der Waals surface area contributed by atoms with Crippen molar-refractivity contribution in [2.24, 2.45) is 0 Å². The fourth-order valence-electron chi connectivity index (χ4n) is 4.86. The highest BCUT2D eigenvalue weighted by Crippen LogP contribution is 2.45. The maximum Gasteiger partial charge on any atom is 0.301 e. The Morgan fingerprint density at radius 1 is 0.978 bits per heavy atom. The Labute approximate surface area is 282 Å². The second kappa shape index (κ2) is 13.9. The summed E-state index contributed by atoms with van der Waals surface area (Å²) in [5.41, 5.74) is 2.56. The van der Waals surface area contributed by atoms with E-state index in [4.69, 9.17) is 32.7 Å². The van der Waals surface area contributed by atoms with Crippen LogP contribution in [0.1, 0.15) is 28.3 Å². The molecule has 1 atom stereocenters. The van der Waals surface area contributed by atoms with Gasteiger partial charge in [-0.05, 0) is 53.1 Å². The number of Topliss-reactive ketones (excluding diaryl/α,β-unsaturated/α-hetero) is 1. The summed E-state index contributed by atoms with van der Waals surface area (Å²) in [6, 6.07) is 22.1. The van der Waals surface area contributed by atoms with Crippen LogP contribution in [0.2, 0.25) is 10.0 Å². The first-order chi connectivity index (χ1) is 22.3. The highest BCUT2D eigenvalue weighted by Gasteiger charge is 2.48. The molecule has 5 aromatic rings. The van der Waals surface area contributed by atoms with Gasteiger partial charge in [0, 0.05) is 33.8 Å². The van der Waals surface area contributed by atoms with E-state index in [2.05, 4.69) is 15.2 Å². The van der Waals surface area contributed by atoms with Crippen molar-refractivity contribution in [2.45, 2.75) is 22.7 Å². The number of rotatable bonds is 10. The summed E-state index contributed by atoms with van der Waals surface area (Å²) in [6.45, 7) is 0.309. The predicted molar refractivity (Wildman–Crippen MR) is 179 cm³/mol. The molecule has 1 saturated heterocycles. The van der Waals surface area contributed by atoms with Crippen LogP contribution in [0, 0.1) is 0 Å². The number of aromatic nitrogens is 3. The van der Waals surface area contributed by atoms with Gasteiger partial charge >= 0.3 is 5.91 Å². The van der Waals surface area contributed by atoms with Crippen molar-refractivity contribution in [2.75, 3.05) is 12.0 Å². The zero-order valence-corrected chi connectivity index (χ0v) is 27.2. The van der Waals surface area contributed by atoms with Crippen LogP contribution in [0.15, 0.2) is 101 Å². The number of hydrogen-bond donors (Lipinski definition) is 1. The van der Waals surface area contributed by atoms with E-state index in [-0.39, 0.29) is 16.5 Å². The van der Waals surface area contributed by atoms with E-state index >= 15 is 0 Å². The lowest BCUT2D eigenvalue weighted by Crippen LogP contribution is -2.29. The lowest BCUT2D eigenvalue weighted by molar-refractivity contribution is -0.132. The molecular weight excluding hydrogens is 667 g/mol. The first-order valence-corrected chi connectivity index (χ1v) is 16.4. The minimum absolute atomic E-state index is 0.103. The largest absolute Gasteiger partial charge is 0.507 e. The molecule has 46 heavy (non-hydrogen) atoms. The molecule has 1 aliphatic rings. The number of aliphatic hydroxyl groups excluding tert-OH is 1. The van der Waals surface area contributed by atoms with Gasteiger partial charge in [0.1, 0.15) is 12.4 Å². The summed E-state index contributed by atoms with van der Waals surface area (Å²) >= 11 is 14.9. The predicted octanol–water partition coefficient (Wildman–Crippen LogP) is 7.75. The molecule has 0 bridgehead atoms. The molecule has 13 heteroatoms. The molecule has 1 N–H and O–H groups in total. The molecule has 0 radical (unpaired) electrons. The van der Waals surface area contributed by atoms with E-state index in [0.717, 1.165) is 22.5 Å². The van der Waals surface area contributed by atoms with Gasteiger partial charge < -0.3 is 14.6 Å². The summed E-state index contributed by atoms with van der Waals surface area (Å²) in [4.78, 5) is 32.5. The third kappa shape index (κ3) is 6.59. The summed E-state index contributed by atoms with van der Waals surface area (Å²) in [5, 5.41) is 21.2.